The van der Waals surface area contributed by atoms with E-state index in [1.807, 2.05) is 12.3 Å². The smallest absolute Gasteiger partial charge is 0.329 e. The van der Waals surface area contributed by atoms with Crippen LogP contribution in [0.1, 0.15) is 24.4 Å². The molecule has 0 amide bonds. The highest BCUT2D eigenvalue weighted by Crippen LogP contribution is 2.32. The van der Waals surface area contributed by atoms with Gasteiger partial charge in [0.05, 0.1) is 11.5 Å². The number of thiophene rings is 1. The van der Waals surface area contributed by atoms with Gasteiger partial charge in [-0.2, -0.15) is 0 Å². The zero-order chi connectivity index (χ0) is 12.9. The molecule has 2 heterocycles. The summed E-state index contributed by atoms with van der Waals surface area (Å²) in [4.78, 5) is 27.8. The maximum absolute atomic E-state index is 12.4. The third-order valence-electron chi connectivity index (χ3n) is 3.62. The molecule has 3 rings (SSSR count). The highest BCUT2D eigenvalue weighted by Gasteiger charge is 2.33. The largest absolute Gasteiger partial charge is 0.381 e. The summed E-state index contributed by atoms with van der Waals surface area (Å²) in [6.07, 6.45) is 1.63. The molecule has 96 valence electrons. The lowest BCUT2D eigenvalue weighted by Gasteiger charge is -2.34. The molecule has 1 aliphatic rings. The molecule has 5 nitrogen and oxygen atoms in total. The van der Waals surface area contributed by atoms with Crippen LogP contribution in [0.4, 0.5) is 0 Å². The number of ether oxygens (including phenoxy) is 1. The van der Waals surface area contributed by atoms with E-state index in [1.165, 1.54) is 15.9 Å². The Morgan fingerprint density at radius 3 is 2.83 bits per heavy atom. The molecule has 1 aliphatic carbocycles. The van der Waals surface area contributed by atoms with E-state index < -0.39 is 0 Å². The lowest BCUT2D eigenvalue weighted by molar-refractivity contribution is 0.00403. The lowest BCUT2D eigenvalue weighted by Crippen LogP contribution is -2.45. The SMILES string of the molecule is CO[C@H]1C[C@@H](n2c(=O)[nH]c3scc(C)c3c2=O)C1. The number of rotatable bonds is 2. The van der Waals surface area contributed by atoms with Gasteiger partial charge in [0.1, 0.15) is 4.83 Å². The number of hydrogen-bond acceptors (Lipinski definition) is 4. The summed E-state index contributed by atoms with van der Waals surface area (Å²) in [5.74, 6) is 0. The number of aromatic amines is 1. The molecule has 2 aromatic heterocycles. The predicted octanol–water partition coefficient (Wildman–Crippen LogP) is 1.41. The first kappa shape index (κ1) is 11.7. The first-order chi connectivity index (χ1) is 8.61. The van der Waals surface area contributed by atoms with E-state index in [0.29, 0.717) is 10.2 Å². The van der Waals surface area contributed by atoms with Crippen LogP contribution in [0, 0.1) is 6.92 Å². The highest BCUT2D eigenvalue weighted by molar-refractivity contribution is 7.16. The van der Waals surface area contributed by atoms with Crippen molar-refractivity contribution in [2.24, 2.45) is 0 Å². The average molecular weight is 266 g/mol. The van der Waals surface area contributed by atoms with Crippen molar-refractivity contribution >= 4 is 21.6 Å². The van der Waals surface area contributed by atoms with Crippen LogP contribution < -0.4 is 11.2 Å². The van der Waals surface area contributed by atoms with Gasteiger partial charge < -0.3 is 4.74 Å². The maximum Gasteiger partial charge on any atom is 0.329 e. The Morgan fingerprint density at radius 2 is 2.17 bits per heavy atom. The molecule has 18 heavy (non-hydrogen) atoms. The van der Waals surface area contributed by atoms with Gasteiger partial charge in [-0.25, -0.2) is 4.79 Å². The average Bonchev–Trinajstić information content (AvgIpc) is 2.63. The van der Waals surface area contributed by atoms with Crippen molar-refractivity contribution in [3.8, 4) is 0 Å². The molecule has 0 bridgehead atoms. The van der Waals surface area contributed by atoms with E-state index in [9.17, 15) is 9.59 Å². The molecule has 1 N–H and O–H groups in total. The lowest BCUT2D eigenvalue weighted by atomic mass is 9.89. The summed E-state index contributed by atoms with van der Waals surface area (Å²) in [7, 11) is 1.65. The van der Waals surface area contributed by atoms with Crippen molar-refractivity contribution < 1.29 is 4.74 Å². The van der Waals surface area contributed by atoms with Crippen LogP contribution in [0.15, 0.2) is 15.0 Å². The van der Waals surface area contributed by atoms with Crippen LogP contribution in [-0.2, 0) is 4.74 Å². The fourth-order valence-corrected chi connectivity index (χ4v) is 3.37. The highest BCUT2D eigenvalue weighted by atomic mass is 32.1. The minimum absolute atomic E-state index is 0.0325. The van der Waals surface area contributed by atoms with Crippen molar-refractivity contribution in [2.75, 3.05) is 7.11 Å². The molecule has 1 fully saturated rings. The number of H-pyrrole nitrogens is 1. The fraction of sp³-hybridized carbons (Fsp3) is 0.500. The van der Waals surface area contributed by atoms with Gasteiger partial charge in [-0.15, -0.1) is 11.3 Å². The van der Waals surface area contributed by atoms with E-state index in [1.54, 1.807) is 7.11 Å². The van der Waals surface area contributed by atoms with E-state index >= 15 is 0 Å². The Morgan fingerprint density at radius 1 is 1.44 bits per heavy atom. The molecule has 6 heteroatoms. The number of aromatic nitrogens is 2. The van der Waals surface area contributed by atoms with Gasteiger partial charge in [-0.1, -0.05) is 0 Å². The Bertz CT molecular complexity index is 706. The Hall–Kier alpha value is -1.40. The fourth-order valence-electron chi connectivity index (χ4n) is 2.44. The number of nitrogens with one attached hydrogen (secondary N) is 1. The van der Waals surface area contributed by atoms with E-state index in [2.05, 4.69) is 4.98 Å². The maximum atomic E-state index is 12.4. The minimum atomic E-state index is -0.311. The predicted molar refractivity (Wildman–Crippen MR) is 70.5 cm³/mol. The number of aryl methyl sites for hydroxylation is 1. The van der Waals surface area contributed by atoms with Crippen molar-refractivity contribution in [3.63, 3.8) is 0 Å². The molecule has 0 radical (unpaired) electrons. The summed E-state index contributed by atoms with van der Waals surface area (Å²) < 4.78 is 6.53. The standard InChI is InChI=1S/C12H14N2O3S/c1-6-5-18-10-9(6)11(15)14(12(16)13-10)7-3-8(4-7)17-2/h5,7-8H,3-4H2,1-2H3,(H,13,16)/t7-,8+. The summed E-state index contributed by atoms with van der Waals surface area (Å²) in [6, 6.07) is -0.0325. The van der Waals surface area contributed by atoms with Crippen LogP contribution in [0.3, 0.4) is 0 Å². The second-order valence-corrected chi connectivity index (χ2v) is 5.59. The van der Waals surface area contributed by atoms with Gasteiger partial charge in [0, 0.05) is 13.2 Å². The summed E-state index contributed by atoms with van der Waals surface area (Å²) in [5, 5.41) is 2.53. The zero-order valence-corrected chi connectivity index (χ0v) is 11.0. The van der Waals surface area contributed by atoms with E-state index in [0.717, 1.165) is 18.4 Å². The molecule has 0 aliphatic heterocycles. The van der Waals surface area contributed by atoms with Gasteiger partial charge in [0.25, 0.3) is 5.56 Å². The van der Waals surface area contributed by atoms with Crippen LogP contribution in [0.5, 0.6) is 0 Å². The number of methoxy groups -OCH3 is 1. The summed E-state index contributed by atoms with van der Waals surface area (Å²) >= 11 is 1.40. The topological polar surface area (TPSA) is 64.1 Å². The molecular weight excluding hydrogens is 252 g/mol. The summed E-state index contributed by atoms with van der Waals surface area (Å²) in [5.41, 5.74) is 0.438. The first-order valence-corrected chi connectivity index (χ1v) is 6.75. The minimum Gasteiger partial charge on any atom is -0.381 e. The number of hydrogen-bond donors (Lipinski definition) is 1. The van der Waals surface area contributed by atoms with Crippen molar-refractivity contribution in [2.45, 2.75) is 31.9 Å². The van der Waals surface area contributed by atoms with Crippen LogP contribution in [-0.4, -0.2) is 22.8 Å². The second kappa shape index (κ2) is 4.07. The van der Waals surface area contributed by atoms with Gasteiger partial charge in [0.15, 0.2) is 0 Å². The van der Waals surface area contributed by atoms with Gasteiger partial charge >= 0.3 is 5.69 Å². The molecule has 0 spiro atoms. The van der Waals surface area contributed by atoms with E-state index in [-0.39, 0.29) is 23.4 Å². The second-order valence-electron chi connectivity index (χ2n) is 4.71. The van der Waals surface area contributed by atoms with Crippen molar-refractivity contribution in [1.29, 1.82) is 0 Å². The molecule has 0 unspecified atom stereocenters. The normalized spacial score (nSPS) is 23.2. The third-order valence-corrected chi connectivity index (χ3v) is 4.63. The van der Waals surface area contributed by atoms with Crippen LogP contribution >= 0.6 is 11.3 Å². The first-order valence-electron chi connectivity index (χ1n) is 5.87. The van der Waals surface area contributed by atoms with Crippen molar-refractivity contribution in [1.82, 2.24) is 9.55 Å². The monoisotopic (exact) mass is 266 g/mol. The molecule has 2 aromatic rings. The Labute approximate surface area is 107 Å². The Kier molecular flexibility index (Phi) is 2.64. The number of nitrogens with zero attached hydrogens (tertiary/aromatic N) is 1. The molecule has 1 saturated carbocycles. The van der Waals surface area contributed by atoms with Gasteiger partial charge in [-0.3, -0.25) is 14.3 Å². The molecule has 0 saturated heterocycles. The molecular formula is C12H14N2O3S. The Balaban J connectivity index is 2.15. The zero-order valence-electron chi connectivity index (χ0n) is 10.2. The molecule has 0 aromatic carbocycles. The van der Waals surface area contributed by atoms with Crippen LogP contribution in [0.25, 0.3) is 10.2 Å². The third kappa shape index (κ3) is 1.56. The van der Waals surface area contributed by atoms with Crippen molar-refractivity contribution in [3.05, 3.63) is 31.8 Å². The van der Waals surface area contributed by atoms with E-state index in [4.69, 9.17) is 4.74 Å². The summed E-state index contributed by atoms with van der Waals surface area (Å²) in [6.45, 7) is 1.89. The van der Waals surface area contributed by atoms with Crippen LogP contribution in [0.2, 0.25) is 0 Å². The number of fused-ring (bicyclic) bond motifs is 1. The molecule has 0 atom stereocenters. The quantitative estimate of drug-likeness (QED) is 0.894. The van der Waals surface area contributed by atoms with Gasteiger partial charge in [0.2, 0.25) is 0 Å². The van der Waals surface area contributed by atoms with Gasteiger partial charge in [-0.05, 0) is 30.7 Å².